The van der Waals surface area contributed by atoms with Gasteiger partial charge in [0.25, 0.3) is 0 Å². The molecule has 0 bridgehead atoms. The van der Waals surface area contributed by atoms with Crippen LogP contribution in [0.2, 0.25) is 18.1 Å². The Morgan fingerprint density at radius 2 is 1.82 bits per heavy atom. The standard InChI is InChI=1S/C17H35NO3Si/c1-8-10-14-11-9-12-15(18(14)16(19)20-5)13-21-22(6,7)17(2,3)4/h14-15H,8-13H2,1-7H3/t14-,15-/m0/s1. The monoisotopic (exact) mass is 329 g/mol. The van der Waals surface area contributed by atoms with Crippen LogP contribution in [0.3, 0.4) is 0 Å². The third-order valence-corrected chi connectivity index (χ3v) is 9.81. The Bertz CT molecular complexity index is 363. The molecule has 1 aliphatic heterocycles. The van der Waals surface area contributed by atoms with Crippen LogP contribution in [0.4, 0.5) is 4.79 Å². The molecule has 0 N–H and O–H groups in total. The molecular formula is C17H35NO3Si. The molecule has 2 atom stereocenters. The Balaban J connectivity index is 2.79. The number of methoxy groups -OCH3 is 1. The molecule has 5 heteroatoms. The molecule has 0 aromatic rings. The van der Waals surface area contributed by atoms with E-state index in [4.69, 9.17) is 9.16 Å². The molecule has 130 valence electrons. The van der Waals surface area contributed by atoms with Crippen molar-refractivity contribution >= 4 is 14.4 Å². The molecule has 1 saturated heterocycles. The van der Waals surface area contributed by atoms with Crippen molar-refractivity contribution in [3.63, 3.8) is 0 Å². The van der Waals surface area contributed by atoms with Crippen molar-refractivity contribution in [2.45, 2.75) is 90.0 Å². The zero-order valence-electron chi connectivity index (χ0n) is 15.6. The van der Waals surface area contributed by atoms with Crippen molar-refractivity contribution in [1.82, 2.24) is 4.90 Å². The molecule has 0 spiro atoms. The van der Waals surface area contributed by atoms with Crippen molar-refractivity contribution in [1.29, 1.82) is 0 Å². The molecule has 0 saturated carbocycles. The maximum absolute atomic E-state index is 12.2. The fourth-order valence-corrected chi connectivity index (χ4v) is 3.91. The summed E-state index contributed by atoms with van der Waals surface area (Å²) in [5.74, 6) is 0. The van der Waals surface area contributed by atoms with Gasteiger partial charge >= 0.3 is 6.09 Å². The highest BCUT2D eigenvalue weighted by Crippen LogP contribution is 2.37. The Morgan fingerprint density at radius 3 is 2.32 bits per heavy atom. The van der Waals surface area contributed by atoms with Crippen molar-refractivity contribution in [3.05, 3.63) is 0 Å². The van der Waals surface area contributed by atoms with Crippen LogP contribution in [0.1, 0.15) is 59.8 Å². The lowest BCUT2D eigenvalue weighted by atomic mass is 9.93. The van der Waals surface area contributed by atoms with Gasteiger partial charge in [0.15, 0.2) is 8.32 Å². The highest BCUT2D eigenvalue weighted by molar-refractivity contribution is 6.74. The summed E-state index contributed by atoms with van der Waals surface area (Å²) in [6, 6.07) is 0.464. The van der Waals surface area contributed by atoms with Gasteiger partial charge in [0.2, 0.25) is 0 Å². The van der Waals surface area contributed by atoms with Crippen molar-refractivity contribution in [3.8, 4) is 0 Å². The van der Waals surface area contributed by atoms with E-state index in [1.807, 2.05) is 4.90 Å². The lowest BCUT2D eigenvalue weighted by molar-refractivity contribution is 0.0351. The molecule has 0 radical (unpaired) electrons. The molecule has 1 rings (SSSR count). The molecule has 0 unspecified atom stereocenters. The van der Waals surface area contributed by atoms with Crippen LogP contribution >= 0.6 is 0 Å². The van der Waals surface area contributed by atoms with Gasteiger partial charge in [-0.05, 0) is 43.8 Å². The topological polar surface area (TPSA) is 38.8 Å². The van der Waals surface area contributed by atoms with Crippen LogP contribution in [-0.2, 0) is 9.16 Å². The number of rotatable bonds is 5. The zero-order valence-corrected chi connectivity index (χ0v) is 16.6. The summed E-state index contributed by atoms with van der Waals surface area (Å²) >= 11 is 0. The summed E-state index contributed by atoms with van der Waals surface area (Å²) in [6.07, 6.45) is 5.22. The highest BCUT2D eigenvalue weighted by Gasteiger charge is 2.40. The lowest BCUT2D eigenvalue weighted by Crippen LogP contribution is -2.53. The van der Waals surface area contributed by atoms with Gasteiger partial charge in [-0.3, -0.25) is 0 Å². The van der Waals surface area contributed by atoms with Gasteiger partial charge in [0.05, 0.1) is 19.8 Å². The summed E-state index contributed by atoms with van der Waals surface area (Å²) in [6.45, 7) is 14.1. The zero-order chi connectivity index (χ0) is 17.0. The van der Waals surface area contributed by atoms with Gasteiger partial charge < -0.3 is 14.1 Å². The first-order valence-electron chi connectivity index (χ1n) is 8.64. The number of likely N-dealkylation sites (tertiary alicyclic amines) is 1. The third-order valence-electron chi connectivity index (χ3n) is 5.31. The maximum Gasteiger partial charge on any atom is 0.410 e. The van der Waals surface area contributed by atoms with E-state index in [1.165, 1.54) is 13.5 Å². The van der Waals surface area contributed by atoms with Crippen LogP contribution < -0.4 is 0 Å². The van der Waals surface area contributed by atoms with Crippen LogP contribution in [-0.4, -0.2) is 45.1 Å². The summed E-state index contributed by atoms with van der Waals surface area (Å²) in [4.78, 5) is 14.2. The van der Waals surface area contributed by atoms with Gasteiger partial charge in [-0.15, -0.1) is 0 Å². The lowest BCUT2D eigenvalue weighted by Gasteiger charge is -2.43. The van der Waals surface area contributed by atoms with Gasteiger partial charge in [-0.2, -0.15) is 0 Å². The normalized spacial score (nSPS) is 23.5. The Morgan fingerprint density at radius 1 is 1.23 bits per heavy atom. The quantitative estimate of drug-likeness (QED) is 0.680. The summed E-state index contributed by atoms with van der Waals surface area (Å²) in [5.41, 5.74) is 0. The number of carbonyl (C=O) groups is 1. The van der Waals surface area contributed by atoms with Gasteiger partial charge in [-0.25, -0.2) is 4.79 Å². The maximum atomic E-state index is 12.2. The number of amides is 1. The molecule has 1 aliphatic rings. The Hall–Kier alpha value is -0.553. The summed E-state index contributed by atoms with van der Waals surface area (Å²) in [5, 5.41) is 0.195. The fraction of sp³-hybridized carbons (Fsp3) is 0.941. The fourth-order valence-electron chi connectivity index (χ4n) is 2.87. The first-order chi connectivity index (χ1) is 10.1. The molecule has 0 aliphatic carbocycles. The van der Waals surface area contributed by atoms with Gasteiger partial charge in [0.1, 0.15) is 0 Å². The van der Waals surface area contributed by atoms with E-state index < -0.39 is 8.32 Å². The minimum Gasteiger partial charge on any atom is -0.453 e. The molecular weight excluding hydrogens is 294 g/mol. The first kappa shape index (κ1) is 19.5. The average molecular weight is 330 g/mol. The molecule has 1 fully saturated rings. The van der Waals surface area contributed by atoms with E-state index in [0.29, 0.717) is 12.6 Å². The first-order valence-corrected chi connectivity index (χ1v) is 11.5. The Kier molecular flexibility index (Phi) is 6.93. The van der Waals surface area contributed by atoms with Crippen LogP contribution in [0, 0.1) is 0 Å². The van der Waals surface area contributed by atoms with Crippen LogP contribution in [0.25, 0.3) is 0 Å². The summed E-state index contributed by atoms with van der Waals surface area (Å²) in [7, 11) is -0.305. The largest absolute Gasteiger partial charge is 0.453 e. The van der Waals surface area contributed by atoms with Crippen molar-refractivity contribution in [2.75, 3.05) is 13.7 Å². The predicted octanol–water partition coefficient (Wildman–Crippen LogP) is 4.80. The van der Waals surface area contributed by atoms with Crippen LogP contribution in [0.5, 0.6) is 0 Å². The minimum atomic E-state index is -1.78. The average Bonchev–Trinajstić information content (AvgIpc) is 2.43. The second-order valence-corrected chi connectivity index (χ2v) is 12.8. The van der Waals surface area contributed by atoms with E-state index in [0.717, 1.165) is 25.7 Å². The van der Waals surface area contributed by atoms with E-state index in [1.54, 1.807) is 0 Å². The predicted molar refractivity (Wildman–Crippen MR) is 93.7 cm³/mol. The smallest absolute Gasteiger partial charge is 0.410 e. The molecule has 0 aromatic carbocycles. The number of ether oxygens (including phenoxy) is 1. The second kappa shape index (κ2) is 7.82. The van der Waals surface area contributed by atoms with E-state index >= 15 is 0 Å². The minimum absolute atomic E-state index is 0.159. The number of nitrogens with zero attached hydrogens (tertiary/aromatic N) is 1. The van der Waals surface area contributed by atoms with Crippen LogP contribution in [0.15, 0.2) is 0 Å². The SMILES string of the molecule is CCC[C@H]1CCC[C@@H](CO[Si](C)(C)C(C)(C)C)N1C(=O)OC. The number of carbonyl (C=O) groups excluding carboxylic acids is 1. The Labute approximate surface area is 137 Å². The second-order valence-electron chi connectivity index (χ2n) is 7.98. The third kappa shape index (κ3) is 4.72. The van der Waals surface area contributed by atoms with E-state index in [-0.39, 0.29) is 17.2 Å². The van der Waals surface area contributed by atoms with Crippen molar-refractivity contribution in [2.24, 2.45) is 0 Å². The van der Waals surface area contributed by atoms with Gasteiger partial charge in [0, 0.05) is 6.04 Å². The summed E-state index contributed by atoms with van der Waals surface area (Å²) < 4.78 is 11.4. The number of piperidine rings is 1. The molecule has 1 amide bonds. The molecule has 4 nitrogen and oxygen atoms in total. The molecule has 0 aromatic heterocycles. The molecule has 1 heterocycles. The number of hydrogen-bond acceptors (Lipinski definition) is 3. The van der Waals surface area contributed by atoms with Crippen molar-refractivity contribution < 1.29 is 14.0 Å². The highest BCUT2D eigenvalue weighted by atomic mass is 28.4. The molecule has 22 heavy (non-hydrogen) atoms. The van der Waals surface area contributed by atoms with E-state index in [9.17, 15) is 4.79 Å². The number of hydrogen-bond donors (Lipinski definition) is 0. The van der Waals surface area contributed by atoms with Gasteiger partial charge in [-0.1, -0.05) is 34.1 Å². The van der Waals surface area contributed by atoms with E-state index in [2.05, 4.69) is 40.8 Å².